The van der Waals surface area contributed by atoms with Crippen molar-refractivity contribution in [2.75, 3.05) is 19.8 Å². The standard InChI is InChI=1S/C14H21N3O4/c1-8-5-10-11(9(2)21-8)16-17-12(10)13(19)15-14(3-4-18)6-20-7-14/h8-9,18H,3-7H2,1-2H3,(H,15,19)(H,16,17)/t8-,9+/m1/s1. The Morgan fingerprint density at radius 3 is 2.90 bits per heavy atom. The summed E-state index contributed by atoms with van der Waals surface area (Å²) in [7, 11) is 0. The van der Waals surface area contributed by atoms with E-state index in [2.05, 4.69) is 15.5 Å². The van der Waals surface area contributed by atoms with Gasteiger partial charge in [-0.05, 0) is 20.3 Å². The molecule has 1 amide bonds. The molecular formula is C14H21N3O4. The predicted octanol–water partition coefficient (Wildman–Crippen LogP) is 0.313. The molecule has 1 fully saturated rings. The van der Waals surface area contributed by atoms with Crippen LogP contribution in [0, 0.1) is 0 Å². The van der Waals surface area contributed by atoms with Crippen molar-refractivity contribution < 1.29 is 19.4 Å². The zero-order chi connectivity index (χ0) is 15.0. The van der Waals surface area contributed by atoms with Gasteiger partial charge in [-0.1, -0.05) is 0 Å². The van der Waals surface area contributed by atoms with Crippen LogP contribution in [0.15, 0.2) is 0 Å². The maximum absolute atomic E-state index is 12.5. The minimum Gasteiger partial charge on any atom is -0.396 e. The minimum atomic E-state index is -0.458. The molecule has 0 aromatic carbocycles. The molecule has 116 valence electrons. The van der Waals surface area contributed by atoms with Gasteiger partial charge in [0.15, 0.2) is 5.69 Å². The molecule has 0 radical (unpaired) electrons. The number of aliphatic hydroxyl groups excluding tert-OH is 1. The molecule has 7 nitrogen and oxygen atoms in total. The van der Waals surface area contributed by atoms with Crippen LogP contribution in [0.1, 0.15) is 48.1 Å². The van der Waals surface area contributed by atoms with Crippen LogP contribution in [0.5, 0.6) is 0 Å². The molecule has 1 aromatic heterocycles. The molecular weight excluding hydrogens is 274 g/mol. The summed E-state index contributed by atoms with van der Waals surface area (Å²) < 4.78 is 10.9. The van der Waals surface area contributed by atoms with E-state index in [9.17, 15) is 4.79 Å². The highest BCUT2D eigenvalue weighted by Crippen LogP contribution is 2.30. The van der Waals surface area contributed by atoms with Gasteiger partial charge in [0.25, 0.3) is 5.91 Å². The number of fused-ring (bicyclic) bond motifs is 1. The van der Waals surface area contributed by atoms with Crippen LogP contribution < -0.4 is 5.32 Å². The zero-order valence-corrected chi connectivity index (χ0v) is 12.3. The summed E-state index contributed by atoms with van der Waals surface area (Å²) in [6.07, 6.45) is 1.13. The first-order chi connectivity index (χ1) is 10.0. The van der Waals surface area contributed by atoms with Gasteiger partial charge in [0, 0.05) is 18.6 Å². The summed E-state index contributed by atoms with van der Waals surface area (Å²) in [6.45, 7) is 4.82. The van der Waals surface area contributed by atoms with Crippen LogP contribution in [-0.4, -0.2) is 52.7 Å². The average molecular weight is 295 g/mol. The highest BCUT2D eigenvalue weighted by molar-refractivity contribution is 5.94. The van der Waals surface area contributed by atoms with Gasteiger partial charge >= 0.3 is 0 Å². The lowest BCUT2D eigenvalue weighted by molar-refractivity contribution is -0.0785. The summed E-state index contributed by atoms with van der Waals surface area (Å²) in [6, 6.07) is 0. The highest BCUT2D eigenvalue weighted by Gasteiger charge is 2.41. The summed E-state index contributed by atoms with van der Waals surface area (Å²) in [5.41, 5.74) is 1.77. The number of aromatic nitrogens is 2. The number of nitrogens with one attached hydrogen (secondary N) is 2. The van der Waals surface area contributed by atoms with Crippen molar-refractivity contribution in [3.05, 3.63) is 17.0 Å². The van der Waals surface area contributed by atoms with E-state index < -0.39 is 5.54 Å². The zero-order valence-electron chi connectivity index (χ0n) is 12.3. The number of amides is 1. The molecule has 1 aromatic rings. The largest absolute Gasteiger partial charge is 0.396 e. The average Bonchev–Trinajstić information content (AvgIpc) is 2.80. The van der Waals surface area contributed by atoms with Crippen LogP contribution in [0.2, 0.25) is 0 Å². The van der Waals surface area contributed by atoms with Gasteiger partial charge in [0.05, 0.1) is 36.7 Å². The Kier molecular flexibility index (Phi) is 3.73. The molecule has 1 saturated heterocycles. The number of carbonyl (C=O) groups is 1. The summed E-state index contributed by atoms with van der Waals surface area (Å²) >= 11 is 0. The van der Waals surface area contributed by atoms with E-state index in [1.807, 2.05) is 13.8 Å². The van der Waals surface area contributed by atoms with E-state index in [-0.39, 0.29) is 24.7 Å². The number of rotatable bonds is 4. The first-order valence-electron chi connectivity index (χ1n) is 7.28. The summed E-state index contributed by atoms with van der Waals surface area (Å²) in [5, 5.41) is 19.2. The number of H-pyrrole nitrogens is 1. The molecule has 3 rings (SSSR count). The van der Waals surface area contributed by atoms with E-state index in [1.54, 1.807) is 0 Å². The second-order valence-corrected chi connectivity index (χ2v) is 5.96. The van der Waals surface area contributed by atoms with Gasteiger partial charge < -0.3 is 19.9 Å². The first kappa shape index (κ1) is 14.5. The van der Waals surface area contributed by atoms with E-state index in [0.717, 1.165) is 11.3 Å². The number of aromatic amines is 1. The lowest BCUT2D eigenvalue weighted by Crippen LogP contribution is -2.62. The quantitative estimate of drug-likeness (QED) is 0.743. The van der Waals surface area contributed by atoms with Crippen molar-refractivity contribution in [1.29, 1.82) is 0 Å². The number of aliphatic hydroxyl groups is 1. The van der Waals surface area contributed by atoms with Crippen molar-refractivity contribution in [3.8, 4) is 0 Å². The van der Waals surface area contributed by atoms with Gasteiger partial charge in [0.2, 0.25) is 0 Å². The van der Waals surface area contributed by atoms with Crippen LogP contribution in [0.25, 0.3) is 0 Å². The number of ether oxygens (including phenoxy) is 2. The molecule has 3 N–H and O–H groups in total. The third-order valence-electron chi connectivity index (χ3n) is 4.17. The Hall–Kier alpha value is -1.44. The molecule has 21 heavy (non-hydrogen) atoms. The second-order valence-electron chi connectivity index (χ2n) is 5.96. The van der Waals surface area contributed by atoms with E-state index in [1.165, 1.54) is 0 Å². The Morgan fingerprint density at radius 2 is 2.29 bits per heavy atom. The number of hydrogen-bond donors (Lipinski definition) is 3. The van der Waals surface area contributed by atoms with Crippen LogP contribution in [0.4, 0.5) is 0 Å². The van der Waals surface area contributed by atoms with Crippen molar-refractivity contribution in [1.82, 2.24) is 15.5 Å². The minimum absolute atomic E-state index is 0.0181. The third-order valence-corrected chi connectivity index (χ3v) is 4.17. The lowest BCUT2D eigenvalue weighted by atomic mass is 9.92. The van der Waals surface area contributed by atoms with E-state index in [4.69, 9.17) is 14.6 Å². The fourth-order valence-corrected chi connectivity index (χ4v) is 3.00. The molecule has 0 spiro atoms. The van der Waals surface area contributed by atoms with Crippen molar-refractivity contribution >= 4 is 5.91 Å². The fraction of sp³-hybridized carbons (Fsp3) is 0.714. The smallest absolute Gasteiger partial charge is 0.272 e. The van der Waals surface area contributed by atoms with E-state index >= 15 is 0 Å². The lowest BCUT2D eigenvalue weighted by Gasteiger charge is -2.41. The summed E-state index contributed by atoms with van der Waals surface area (Å²) in [5.74, 6) is -0.217. The Morgan fingerprint density at radius 1 is 1.52 bits per heavy atom. The van der Waals surface area contributed by atoms with Gasteiger partial charge in [-0.25, -0.2) is 0 Å². The maximum Gasteiger partial charge on any atom is 0.272 e. The third kappa shape index (κ3) is 2.56. The molecule has 0 bridgehead atoms. The molecule has 0 saturated carbocycles. The van der Waals surface area contributed by atoms with E-state index in [0.29, 0.717) is 31.7 Å². The van der Waals surface area contributed by atoms with Gasteiger partial charge in [-0.15, -0.1) is 0 Å². The van der Waals surface area contributed by atoms with Crippen molar-refractivity contribution in [3.63, 3.8) is 0 Å². The number of carbonyl (C=O) groups excluding carboxylic acids is 1. The van der Waals surface area contributed by atoms with Gasteiger partial charge in [-0.3, -0.25) is 9.89 Å². The Labute approximate surface area is 123 Å². The second kappa shape index (κ2) is 5.40. The predicted molar refractivity (Wildman–Crippen MR) is 74.0 cm³/mol. The molecule has 2 aliphatic rings. The normalized spacial score (nSPS) is 26.8. The first-order valence-corrected chi connectivity index (χ1v) is 7.28. The highest BCUT2D eigenvalue weighted by atomic mass is 16.5. The SMILES string of the molecule is C[C@@H]1Cc2c(C(=O)NC3(CCO)COC3)n[nH]c2[C@H](C)O1. The van der Waals surface area contributed by atoms with Gasteiger partial charge in [-0.2, -0.15) is 5.10 Å². The summed E-state index contributed by atoms with van der Waals surface area (Å²) in [4.78, 5) is 12.5. The van der Waals surface area contributed by atoms with Gasteiger partial charge in [0.1, 0.15) is 0 Å². The van der Waals surface area contributed by atoms with Crippen LogP contribution in [0.3, 0.4) is 0 Å². The Bertz CT molecular complexity index is 538. The molecule has 0 unspecified atom stereocenters. The molecule has 2 atom stereocenters. The number of hydrogen-bond acceptors (Lipinski definition) is 5. The maximum atomic E-state index is 12.5. The number of nitrogens with zero attached hydrogens (tertiary/aromatic N) is 1. The molecule has 0 aliphatic carbocycles. The monoisotopic (exact) mass is 295 g/mol. The fourth-order valence-electron chi connectivity index (χ4n) is 3.00. The topological polar surface area (TPSA) is 96.5 Å². The Balaban J connectivity index is 1.80. The van der Waals surface area contributed by atoms with Crippen molar-refractivity contribution in [2.45, 2.75) is 44.4 Å². The van der Waals surface area contributed by atoms with Crippen molar-refractivity contribution in [2.24, 2.45) is 0 Å². The van der Waals surface area contributed by atoms with Crippen LogP contribution >= 0.6 is 0 Å². The molecule has 7 heteroatoms. The molecule has 3 heterocycles. The van der Waals surface area contributed by atoms with Crippen LogP contribution in [-0.2, 0) is 15.9 Å². The molecule has 2 aliphatic heterocycles.